The fourth-order valence-electron chi connectivity index (χ4n) is 1.16. The number of hydrogen-bond acceptors (Lipinski definition) is 3. The van der Waals surface area contributed by atoms with Crippen LogP contribution in [0.3, 0.4) is 0 Å². The van der Waals surface area contributed by atoms with Gasteiger partial charge in [0.05, 0.1) is 4.88 Å². The van der Waals surface area contributed by atoms with Crippen molar-refractivity contribution in [2.75, 3.05) is 0 Å². The number of thiophene rings is 1. The third kappa shape index (κ3) is 3.10. The van der Waals surface area contributed by atoms with Crippen molar-refractivity contribution in [3.63, 3.8) is 0 Å². The number of rotatable bonds is 4. The van der Waals surface area contributed by atoms with Gasteiger partial charge in [0, 0.05) is 0 Å². The Bertz CT molecular complexity index is 241. The molecule has 0 aromatic carbocycles. The highest BCUT2D eigenvalue weighted by Gasteiger charge is 2.24. The summed E-state index contributed by atoms with van der Waals surface area (Å²) in [6.07, 6.45) is 1.58. The Morgan fingerprint density at radius 3 is 2.77 bits per heavy atom. The lowest BCUT2D eigenvalue weighted by Crippen LogP contribution is -2.35. The summed E-state index contributed by atoms with van der Waals surface area (Å²) < 4.78 is 0. The predicted molar refractivity (Wildman–Crippen MR) is 56.5 cm³/mol. The minimum absolute atomic E-state index is 0.579. The molecular formula is C10H17NOS. The van der Waals surface area contributed by atoms with Gasteiger partial charge < -0.3 is 5.11 Å². The Balaban J connectivity index is 2.56. The van der Waals surface area contributed by atoms with Crippen molar-refractivity contribution >= 4 is 11.3 Å². The van der Waals surface area contributed by atoms with E-state index in [2.05, 4.69) is 13.8 Å². The van der Waals surface area contributed by atoms with Gasteiger partial charge in [-0.3, -0.25) is 5.73 Å². The van der Waals surface area contributed by atoms with Gasteiger partial charge in [-0.05, 0) is 30.2 Å². The van der Waals surface area contributed by atoms with Gasteiger partial charge in [-0.2, -0.15) is 0 Å². The molecule has 1 atom stereocenters. The second-order valence-corrected chi connectivity index (χ2v) is 4.78. The molecule has 0 radical (unpaired) electrons. The first-order valence-corrected chi connectivity index (χ1v) is 5.45. The molecule has 1 aromatic heterocycles. The minimum atomic E-state index is -1.13. The van der Waals surface area contributed by atoms with E-state index in [0.717, 1.165) is 11.3 Å². The van der Waals surface area contributed by atoms with Gasteiger partial charge in [0.25, 0.3) is 0 Å². The monoisotopic (exact) mass is 199 g/mol. The first kappa shape index (κ1) is 10.7. The van der Waals surface area contributed by atoms with Gasteiger partial charge in [-0.15, -0.1) is 11.3 Å². The molecule has 1 aromatic rings. The molecule has 0 bridgehead atoms. The largest absolute Gasteiger partial charge is 0.371 e. The summed E-state index contributed by atoms with van der Waals surface area (Å²) in [5, 5.41) is 11.8. The molecule has 0 unspecified atom stereocenters. The van der Waals surface area contributed by atoms with Crippen molar-refractivity contribution in [2.45, 2.75) is 32.4 Å². The lowest BCUT2D eigenvalue weighted by molar-refractivity contribution is 0.0325. The molecule has 74 valence electrons. The Morgan fingerprint density at radius 1 is 1.62 bits per heavy atom. The van der Waals surface area contributed by atoms with Crippen molar-refractivity contribution < 1.29 is 5.11 Å². The van der Waals surface area contributed by atoms with Crippen molar-refractivity contribution in [2.24, 2.45) is 11.7 Å². The van der Waals surface area contributed by atoms with Gasteiger partial charge >= 0.3 is 0 Å². The average Bonchev–Trinajstić information content (AvgIpc) is 2.53. The van der Waals surface area contributed by atoms with Crippen molar-refractivity contribution in [1.29, 1.82) is 0 Å². The summed E-state index contributed by atoms with van der Waals surface area (Å²) >= 11 is 1.51. The Morgan fingerprint density at radius 2 is 2.31 bits per heavy atom. The first-order valence-electron chi connectivity index (χ1n) is 4.57. The summed E-state index contributed by atoms with van der Waals surface area (Å²) in [5.41, 5.74) is 4.67. The third-order valence-electron chi connectivity index (χ3n) is 2.05. The minimum Gasteiger partial charge on any atom is -0.371 e. The molecule has 1 heterocycles. The Hall–Kier alpha value is -0.380. The molecule has 0 amide bonds. The van der Waals surface area contributed by atoms with Gasteiger partial charge in [0.2, 0.25) is 0 Å². The molecule has 0 saturated carbocycles. The van der Waals surface area contributed by atoms with Crippen LogP contribution in [0.1, 0.15) is 31.6 Å². The zero-order chi connectivity index (χ0) is 9.90. The number of nitrogens with two attached hydrogens (primary N) is 1. The van der Waals surface area contributed by atoms with Crippen LogP contribution < -0.4 is 5.73 Å². The molecule has 13 heavy (non-hydrogen) atoms. The van der Waals surface area contributed by atoms with E-state index < -0.39 is 5.72 Å². The van der Waals surface area contributed by atoms with E-state index >= 15 is 0 Å². The van der Waals surface area contributed by atoms with E-state index in [4.69, 9.17) is 5.73 Å². The van der Waals surface area contributed by atoms with Crippen LogP contribution in [0.5, 0.6) is 0 Å². The second-order valence-electron chi connectivity index (χ2n) is 3.83. The number of aliphatic hydroxyl groups is 1. The van der Waals surface area contributed by atoms with Crippen molar-refractivity contribution in [3.05, 3.63) is 22.4 Å². The van der Waals surface area contributed by atoms with Crippen LogP contribution in [0.4, 0.5) is 0 Å². The Kier molecular flexibility index (Phi) is 3.47. The molecule has 0 aliphatic carbocycles. The smallest absolute Gasteiger partial charge is 0.148 e. The maximum absolute atomic E-state index is 9.91. The maximum Gasteiger partial charge on any atom is 0.148 e. The summed E-state index contributed by atoms with van der Waals surface area (Å²) in [6, 6.07) is 3.79. The lowest BCUT2D eigenvalue weighted by Gasteiger charge is -2.22. The summed E-state index contributed by atoms with van der Waals surface area (Å²) in [4.78, 5) is 0.855. The molecule has 0 spiro atoms. The van der Waals surface area contributed by atoms with Crippen LogP contribution in [-0.4, -0.2) is 5.11 Å². The quantitative estimate of drug-likeness (QED) is 0.731. The molecule has 2 nitrogen and oxygen atoms in total. The highest BCUT2D eigenvalue weighted by Crippen LogP contribution is 2.26. The van der Waals surface area contributed by atoms with Crippen LogP contribution in [0.2, 0.25) is 0 Å². The van der Waals surface area contributed by atoms with Crippen LogP contribution in [0.15, 0.2) is 17.5 Å². The SMILES string of the molecule is CC(C)CC[C@@](N)(O)c1cccs1. The number of hydrogen-bond donors (Lipinski definition) is 2. The molecule has 0 aliphatic rings. The lowest BCUT2D eigenvalue weighted by atomic mass is 10.0. The van der Waals surface area contributed by atoms with E-state index in [9.17, 15) is 5.11 Å². The normalized spacial score (nSPS) is 16.1. The highest BCUT2D eigenvalue weighted by molar-refractivity contribution is 7.10. The maximum atomic E-state index is 9.91. The fraction of sp³-hybridized carbons (Fsp3) is 0.600. The summed E-state index contributed by atoms with van der Waals surface area (Å²) in [5.74, 6) is 0.579. The van der Waals surface area contributed by atoms with Crippen LogP contribution in [0.25, 0.3) is 0 Å². The first-order chi connectivity index (χ1) is 6.02. The topological polar surface area (TPSA) is 46.2 Å². The summed E-state index contributed by atoms with van der Waals surface area (Å²) in [7, 11) is 0. The molecule has 3 N–H and O–H groups in total. The van der Waals surface area contributed by atoms with Gasteiger partial charge in [0.15, 0.2) is 0 Å². The summed E-state index contributed by atoms with van der Waals surface area (Å²) in [6.45, 7) is 4.26. The zero-order valence-corrected chi connectivity index (χ0v) is 8.97. The molecule has 1 rings (SSSR count). The van der Waals surface area contributed by atoms with E-state index in [1.807, 2.05) is 17.5 Å². The van der Waals surface area contributed by atoms with E-state index in [1.54, 1.807) is 0 Å². The Labute approximate surface area is 83.4 Å². The highest BCUT2D eigenvalue weighted by atomic mass is 32.1. The second kappa shape index (κ2) is 4.22. The fourth-order valence-corrected chi connectivity index (χ4v) is 1.92. The van der Waals surface area contributed by atoms with Gasteiger partial charge in [-0.25, -0.2) is 0 Å². The van der Waals surface area contributed by atoms with Gasteiger partial charge in [-0.1, -0.05) is 19.9 Å². The van der Waals surface area contributed by atoms with E-state index in [1.165, 1.54) is 11.3 Å². The van der Waals surface area contributed by atoms with Crippen LogP contribution in [-0.2, 0) is 5.72 Å². The standard InChI is InChI=1S/C10H17NOS/c1-8(2)5-6-10(11,12)9-4-3-7-13-9/h3-4,7-8,12H,5-6,11H2,1-2H3/t10-/m1/s1. The molecule has 0 saturated heterocycles. The molecule has 3 heteroatoms. The van der Waals surface area contributed by atoms with Gasteiger partial charge in [0.1, 0.15) is 5.72 Å². The average molecular weight is 199 g/mol. The zero-order valence-electron chi connectivity index (χ0n) is 8.16. The van der Waals surface area contributed by atoms with Crippen LogP contribution in [0, 0.1) is 5.92 Å². The molecule has 0 aliphatic heterocycles. The van der Waals surface area contributed by atoms with Crippen molar-refractivity contribution in [1.82, 2.24) is 0 Å². The van der Waals surface area contributed by atoms with Crippen molar-refractivity contribution in [3.8, 4) is 0 Å². The third-order valence-corrected chi connectivity index (χ3v) is 3.09. The van der Waals surface area contributed by atoms with Crippen LogP contribution >= 0.6 is 11.3 Å². The van der Waals surface area contributed by atoms with E-state index in [-0.39, 0.29) is 0 Å². The predicted octanol–water partition coefficient (Wildman–Crippen LogP) is 2.29. The molecule has 0 fully saturated rings. The van der Waals surface area contributed by atoms with E-state index in [0.29, 0.717) is 12.3 Å². The molecular weight excluding hydrogens is 182 g/mol.